The SMILES string of the molecule is CN1CCN(C2=CCNC(C3=CC(=O)CC(c4cc(N5CCN(C)CC5)ccn4)=N3)=C2)CC1. The first-order valence-electron chi connectivity index (χ1n) is 11.9. The van der Waals surface area contributed by atoms with E-state index in [9.17, 15) is 4.79 Å². The highest BCUT2D eigenvalue weighted by atomic mass is 16.1. The number of piperazine rings is 2. The van der Waals surface area contributed by atoms with E-state index in [4.69, 9.17) is 4.99 Å². The van der Waals surface area contributed by atoms with Crippen LogP contribution in [0.5, 0.6) is 0 Å². The Labute approximate surface area is 196 Å². The van der Waals surface area contributed by atoms with Gasteiger partial charge in [0, 0.05) is 82.6 Å². The molecular weight excluding hydrogens is 414 g/mol. The van der Waals surface area contributed by atoms with Gasteiger partial charge < -0.3 is 24.9 Å². The Morgan fingerprint density at radius 2 is 1.61 bits per heavy atom. The maximum Gasteiger partial charge on any atom is 0.163 e. The van der Waals surface area contributed by atoms with Crippen LogP contribution >= 0.6 is 0 Å². The minimum Gasteiger partial charge on any atom is -0.380 e. The van der Waals surface area contributed by atoms with Crippen LogP contribution in [0.3, 0.4) is 0 Å². The summed E-state index contributed by atoms with van der Waals surface area (Å²) in [5, 5.41) is 3.41. The van der Waals surface area contributed by atoms with Crippen molar-refractivity contribution in [1.29, 1.82) is 0 Å². The zero-order chi connectivity index (χ0) is 22.8. The zero-order valence-corrected chi connectivity index (χ0v) is 19.6. The van der Waals surface area contributed by atoms with Crippen LogP contribution in [0, 0.1) is 0 Å². The molecule has 2 fully saturated rings. The van der Waals surface area contributed by atoms with Crippen LogP contribution in [0.4, 0.5) is 5.69 Å². The van der Waals surface area contributed by atoms with E-state index >= 15 is 0 Å². The van der Waals surface area contributed by atoms with Gasteiger partial charge in [0.2, 0.25) is 0 Å². The number of carbonyl (C=O) groups excluding carboxylic acids is 1. The van der Waals surface area contributed by atoms with Crippen molar-refractivity contribution >= 4 is 17.2 Å². The first-order chi connectivity index (χ1) is 16.0. The highest BCUT2D eigenvalue weighted by Gasteiger charge is 2.23. The van der Waals surface area contributed by atoms with Crippen LogP contribution in [-0.2, 0) is 4.79 Å². The lowest BCUT2D eigenvalue weighted by atomic mass is 10.0. The second-order valence-corrected chi connectivity index (χ2v) is 9.28. The summed E-state index contributed by atoms with van der Waals surface area (Å²) in [5.74, 6) is 0.0696. The fourth-order valence-corrected chi connectivity index (χ4v) is 4.68. The molecule has 5 heterocycles. The summed E-state index contributed by atoms with van der Waals surface area (Å²) in [5.41, 5.74) is 5.50. The molecule has 4 aliphatic heterocycles. The fraction of sp³-hybridized carbons (Fsp3) is 0.480. The Bertz CT molecular complexity index is 1020. The molecule has 1 N–H and O–H groups in total. The number of hydrogen-bond donors (Lipinski definition) is 1. The number of anilines is 1. The van der Waals surface area contributed by atoms with Crippen molar-refractivity contribution < 1.29 is 4.79 Å². The molecule has 174 valence electrons. The largest absolute Gasteiger partial charge is 0.380 e. The van der Waals surface area contributed by atoms with Crippen LogP contribution in [0.15, 0.2) is 58.6 Å². The van der Waals surface area contributed by atoms with Crippen molar-refractivity contribution in [3.05, 3.63) is 59.3 Å². The molecule has 0 aliphatic carbocycles. The molecule has 8 nitrogen and oxygen atoms in total. The van der Waals surface area contributed by atoms with Crippen molar-refractivity contribution in [2.45, 2.75) is 6.42 Å². The van der Waals surface area contributed by atoms with E-state index in [1.54, 1.807) is 6.08 Å². The van der Waals surface area contributed by atoms with Crippen LogP contribution < -0.4 is 10.2 Å². The number of pyridine rings is 1. The summed E-state index contributed by atoms with van der Waals surface area (Å²) in [6.07, 6.45) is 8.14. The van der Waals surface area contributed by atoms with Crippen molar-refractivity contribution in [3.8, 4) is 0 Å². The second-order valence-electron chi connectivity index (χ2n) is 9.28. The number of aromatic nitrogens is 1. The van der Waals surface area contributed by atoms with Crippen molar-refractivity contribution in [1.82, 2.24) is 25.0 Å². The second kappa shape index (κ2) is 9.49. The number of aliphatic imine (C=N–C) groups is 1. The smallest absolute Gasteiger partial charge is 0.163 e. The van der Waals surface area contributed by atoms with Gasteiger partial charge in [-0.3, -0.25) is 9.78 Å². The molecule has 4 aliphatic rings. The number of ketones is 1. The molecule has 0 radical (unpaired) electrons. The van der Waals surface area contributed by atoms with E-state index in [-0.39, 0.29) is 12.2 Å². The first kappa shape index (κ1) is 21.9. The standard InChI is InChI=1S/C25H33N7O/c1-29-7-11-31(12-8-29)19-3-5-26-22(15-19)24-17-21(33)18-25(28-24)23-16-20(4-6-27-23)32-13-9-30(2)10-14-32/h3-5,15-16,18,27H,6-14,17H2,1-2H3. The summed E-state index contributed by atoms with van der Waals surface area (Å²) in [6.45, 7) is 8.98. The molecule has 0 spiro atoms. The van der Waals surface area contributed by atoms with Crippen LogP contribution in [0.1, 0.15) is 12.1 Å². The average Bonchev–Trinajstić information content (AvgIpc) is 2.85. The number of nitrogens with one attached hydrogen (secondary N) is 1. The number of rotatable bonds is 4. The minimum absolute atomic E-state index is 0.0696. The highest BCUT2D eigenvalue weighted by molar-refractivity contribution is 6.16. The van der Waals surface area contributed by atoms with E-state index in [1.165, 1.54) is 5.70 Å². The van der Waals surface area contributed by atoms with Gasteiger partial charge in [-0.1, -0.05) is 0 Å². The lowest BCUT2D eigenvalue weighted by Gasteiger charge is -2.36. The van der Waals surface area contributed by atoms with Crippen molar-refractivity contribution in [2.24, 2.45) is 4.99 Å². The van der Waals surface area contributed by atoms with E-state index in [2.05, 4.69) is 68.3 Å². The zero-order valence-electron chi connectivity index (χ0n) is 19.6. The van der Waals surface area contributed by atoms with E-state index in [0.29, 0.717) is 5.70 Å². The molecule has 8 heteroatoms. The maximum absolute atomic E-state index is 12.7. The summed E-state index contributed by atoms with van der Waals surface area (Å²) < 4.78 is 0. The van der Waals surface area contributed by atoms with E-state index in [1.807, 2.05) is 6.20 Å². The molecule has 0 atom stereocenters. The van der Waals surface area contributed by atoms with Gasteiger partial charge >= 0.3 is 0 Å². The summed E-state index contributed by atoms with van der Waals surface area (Å²) in [6, 6.07) is 4.13. The quantitative estimate of drug-likeness (QED) is 0.741. The molecular formula is C25H33N7O. The molecule has 0 bridgehead atoms. The molecule has 5 rings (SSSR count). The van der Waals surface area contributed by atoms with Gasteiger partial charge in [0.25, 0.3) is 0 Å². The van der Waals surface area contributed by atoms with E-state index < -0.39 is 0 Å². The Morgan fingerprint density at radius 1 is 0.909 bits per heavy atom. The van der Waals surface area contributed by atoms with Crippen LogP contribution in [0.25, 0.3) is 0 Å². The molecule has 0 aromatic carbocycles. The lowest BCUT2D eigenvalue weighted by molar-refractivity contribution is -0.113. The van der Waals surface area contributed by atoms with Gasteiger partial charge in [-0.15, -0.1) is 0 Å². The molecule has 1 aromatic rings. The third-order valence-electron chi connectivity index (χ3n) is 6.84. The summed E-state index contributed by atoms with van der Waals surface area (Å²) in [7, 11) is 4.32. The number of hydrogen-bond acceptors (Lipinski definition) is 8. The van der Waals surface area contributed by atoms with Gasteiger partial charge in [0.1, 0.15) is 0 Å². The summed E-state index contributed by atoms with van der Waals surface area (Å²) in [4.78, 5) is 31.6. The number of dihydropyridines is 1. The van der Waals surface area contributed by atoms with Crippen molar-refractivity contribution in [3.63, 3.8) is 0 Å². The molecule has 0 unspecified atom stereocenters. The number of carbonyl (C=O) groups is 1. The normalized spacial score (nSPS) is 22.9. The van der Waals surface area contributed by atoms with Gasteiger partial charge in [-0.05, 0) is 38.4 Å². The average molecular weight is 448 g/mol. The Kier molecular flexibility index (Phi) is 6.28. The minimum atomic E-state index is 0.0696. The topological polar surface area (TPSA) is 67.3 Å². The Hall–Kier alpha value is -2.97. The lowest BCUT2D eigenvalue weighted by Crippen LogP contribution is -2.44. The highest BCUT2D eigenvalue weighted by Crippen LogP contribution is 2.24. The predicted molar refractivity (Wildman–Crippen MR) is 131 cm³/mol. The maximum atomic E-state index is 12.7. The van der Waals surface area contributed by atoms with Crippen LogP contribution in [-0.4, -0.2) is 104 Å². The Morgan fingerprint density at radius 3 is 2.33 bits per heavy atom. The Balaban J connectivity index is 1.37. The predicted octanol–water partition coefficient (Wildman–Crippen LogP) is 1.10. The number of allylic oxidation sites excluding steroid dienone is 2. The number of likely N-dealkylation sites (N-methyl/N-ethyl adjacent to an activating group) is 2. The van der Waals surface area contributed by atoms with Gasteiger partial charge in [-0.25, -0.2) is 4.99 Å². The molecule has 2 saturated heterocycles. The monoisotopic (exact) mass is 447 g/mol. The molecule has 33 heavy (non-hydrogen) atoms. The van der Waals surface area contributed by atoms with Gasteiger partial charge in [-0.2, -0.15) is 0 Å². The van der Waals surface area contributed by atoms with E-state index in [0.717, 1.165) is 81.7 Å². The fourth-order valence-electron chi connectivity index (χ4n) is 4.68. The van der Waals surface area contributed by atoms with Crippen molar-refractivity contribution in [2.75, 3.05) is 77.9 Å². The molecule has 1 aromatic heterocycles. The molecule has 0 amide bonds. The third kappa shape index (κ3) is 5.02. The van der Waals surface area contributed by atoms with Gasteiger partial charge in [0.15, 0.2) is 5.78 Å². The summed E-state index contributed by atoms with van der Waals surface area (Å²) >= 11 is 0. The third-order valence-corrected chi connectivity index (χ3v) is 6.84. The van der Waals surface area contributed by atoms with Gasteiger partial charge in [0.05, 0.1) is 29.2 Å². The first-order valence-corrected chi connectivity index (χ1v) is 11.9. The molecule has 0 saturated carbocycles. The number of nitrogens with zero attached hydrogens (tertiary/aromatic N) is 6. The van der Waals surface area contributed by atoms with Crippen LogP contribution in [0.2, 0.25) is 0 Å².